The number of benzene rings is 1. The molecule has 0 fully saturated rings. The molecule has 2 amide bonds. The summed E-state index contributed by atoms with van der Waals surface area (Å²) in [6.45, 7) is 4.24. The van der Waals surface area contributed by atoms with Crippen molar-refractivity contribution in [1.82, 2.24) is 5.32 Å². The van der Waals surface area contributed by atoms with Crippen molar-refractivity contribution in [2.24, 2.45) is 0 Å². The number of anilines is 1. The van der Waals surface area contributed by atoms with Gasteiger partial charge in [0.25, 0.3) is 0 Å². The number of urea groups is 1. The van der Waals surface area contributed by atoms with E-state index in [1.165, 1.54) is 0 Å². The first-order valence-corrected chi connectivity index (χ1v) is 5.30. The van der Waals surface area contributed by atoms with E-state index >= 15 is 0 Å². The van der Waals surface area contributed by atoms with Crippen LogP contribution in [0.3, 0.4) is 0 Å². The highest BCUT2D eigenvalue weighted by Gasteiger charge is 2.08. The molecule has 3 nitrogen and oxygen atoms in total. The van der Waals surface area contributed by atoms with E-state index in [1.807, 2.05) is 13.8 Å². The molecule has 0 unspecified atom stereocenters. The second kappa shape index (κ2) is 5.24. The summed E-state index contributed by atoms with van der Waals surface area (Å²) in [5.74, 6) is 0. The number of aryl methyl sites for hydroxylation is 1. The number of nitrogens with one attached hydrogen (secondary N) is 2. The Balaban J connectivity index is 2.90. The molecule has 15 heavy (non-hydrogen) atoms. The molecular weight excluding hydrogens is 235 g/mol. The van der Waals surface area contributed by atoms with E-state index in [1.54, 1.807) is 12.1 Å². The molecule has 0 atom stereocenters. The molecule has 0 radical (unpaired) electrons. The number of hydrogen-bond donors (Lipinski definition) is 2. The second-order valence-electron chi connectivity index (χ2n) is 3.06. The van der Waals surface area contributed by atoms with Crippen LogP contribution in [-0.4, -0.2) is 12.6 Å². The average molecular weight is 247 g/mol. The number of rotatable bonds is 2. The van der Waals surface area contributed by atoms with Gasteiger partial charge in [-0.1, -0.05) is 23.2 Å². The minimum absolute atomic E-state index is 0.273. The van der Waals surface area contributed by atoms with Crippen LogP contribution in [0.5, 0.6) is 0 Å². The molecule has 0 aliphatic carbocycles. The predicted octanol–water partition coefficient (Wildman–Crippen LogP) is 3.44. The molecule has 1 aromatic carbocycles. The molecule has 0 saturated carbocycles. The van der Waals surface area contributed by atoms with E-state index in [4.69, 9.17) is 23.2 Å². The topological polar surface area (TPSA) is 41.1 Å². The van der Waals surface area contributed by atoms with Crippen LogP contribution in [0.1, 0.15) is 12.5 Å². The molecule has 82 valence electrons. The lowest BCUT2D eigenvalue weighted by molar-refractivity contribution is 0.252. The van der Waals surface area contributed by atoms with Crippen molar-refractivity contribution >= 4 is 34.9 Å². The van der Waals surface area contributed by atoms with Crippen LogP contribution in [0.4, 0.5) is 10.5 Å². The molecule has 0 spiro atoms. The van der Waals surface area contributed by atoms with Crippen molar-refractivity contribution in [1.29, 1.82) is 0 Å². The minimum Gasteiger partial charge on any atom is -0.338 e. The van der Waals surface area contributed by atoms with E-state index in [9.17, 15) is 4.79 Å². The number of carbonyl (C=O) groups excluding carboxylic acids is 1. The summed E-state index contributed by atoms with van der Waals surface area (Å²) in [5.41, 5.74) is 1.42. The van der Waals surface area contributed by atoms with Crippen molar-refractivity contribution in [2.45, 2.75) is 13.8 Å². The first-order valence-electron chi connectivity index (χ1n) is 4.55. The quantitative estimate of drug-likeness (QED) is 0.825. The average Bonchev–Trinajstić information content (AvgIpc) is 2.11. The van der Waals surface area contributed by atoms with E-state index in [-0.39, 0.29) is 6.03 Å². The molecular formula is C10H12Cl2N2O. The Labute approximate surface area is 98.8 Å². The Morgan fingerprint density at radius 3 is 2.60 bits per heavy atom. The standard InChI is InChI=1S/C10H12Cl2N2O/c1-3-13-10(15)14-9-6(2)4-7(11)5-8(9)12/h4-5H,3H2,1-2H3,(H2,13,14,15). The Morgan fingerprint density at radius 2 is 2.07 bits per heavy atom. The van der Waals surface area contributed by atoms with E-state index in [0.717, 1.165) is 5.56 Å². The fourth-order valence-electron chi connectivity index (χ4n) is 1.18. The van der Waals surface area contributed by atoms with E-state index in [0.29, 0.717) is 22.3 Å². The van der Waals surface area contributed by atoms with Gasteiger partial charge in [-0.2, -0.15) is 0 Å². The molecule has 1 aromatic rings. The van der Waals surface area contributed by atoms with Gasteiger partial charge in [-0.15, -0.1) is 0 Å². The molecule has 0 aliphatic heterocycles. The fourth-order valence-corrected chi connectivity index (χ4v) is 1.82. The van der Waals surface area contributed by atoms with E-state index < -0.39 is 0 Å². The van der Waals surface area contributed by atoms with Gasteiger partial charge in [-0.25, -0.2) is 4.79 Å². The Hall–Kier alpha value is -0.930. The third-order valence-electron chi connectivity index (χ3n) is 1.83. The first kappa shape index (κ1) is 12.1. The largest absolute Gasteiger partial charge is 0.338 e. The number of amides is 2. The molecule has 0 aromatic heterocycles. The van der Waals surface area contributed by atoms with Gasteiger partial charge in [0.05, 0.1) is 10.7 Å². The second-order valence-corrected chi connectivity index (χ2v) is 3.91. The minimum atomic E-state index is -0.273. The molecule has 0 bridgehead atoms. The lowest BCUT2D eigenvalue weighted by Gasteiger charge is -2.11. The molecule has 2 N–H and O–H groups in total. The van der Waals surface area contributed by atoms with Crippen molar-refractivity contribution < 1.29 is 4.79 Å². The van der Waals surface area contributed by atoms with E-state index in [2.05, 4.69) is 10.6 Å². The molecule has 1 rings (SSSR count). The normalized spacial score (nSPS) is 9.87. The van der Waals surface area contributed by atoms with Crippen LogP contribution < -0.4 is 10.6 Å². The van der Waals surface area contributed by atoms with Gasteiger partial charge in [0.15, 0.2) is 0 Å². The third kappa shape index (κ3) is 3.29. The monoisotopic (exact) mass is 246 g/mol. The fraction of sp³-hybridized carbons (Fsp3) is 0.300. The van der Waals surface area contributed by atoms with Gasteiger partial charge in [0.1, 0.15) is 0 Å². The lowest BCUT2D eigenvalue weighted by atomic mass is 10.2. The maximum atomic E-state index is 11.3. The highest BCUT2D eigenvalue weighted by molar-refractivity contribution is 6.37. The van der Waals surface area contributed by atoms with Gasteiger partial charge in [-0.3, -0.25) is 0 Å². The van der Waals surface area contributed by atoms with Crippen LogP contribution in [0.25, 0.3) is 0 Å². The van der Waals surface area contributed by atoms with Crippen LogP contribution in [-0.2, 0) is 0 Å². The zero-order chi connectivity index (χ0) is 11.4. The van der Waals surface area contributed by atoms with Gasteiger partial charge >= 0.3 is 6.03 Å². The Kier molecular flexibility index (Phi) is 4.24. The van der Waals surface area contributed by atoms with Crippen LogP contribution >= 0.6 is 23.2 Å². The molecule has 5 heteroatoms. The maximum Gasteiger partial charge on any atom is 0.319 e. The van der Waals surface area contributed by atoms with Crippen molar-refractivity contribution in [3.63, 3.8) is 0 Å². The summed E-state index contributed by atoms with van der Waals surface area (Å²) in [7, 11) is 0. The van der Waals surface area contributed by atoms with Crippen LogP contribution in [0, 0.1) is 6.92 Å². The number of hydrogen-bond acceptors (Lipinski definition) is 1. The Morgan fingerprint density at radius 1 is 1.40 bits per heavy atom. The van der Waals surface area contributed by atoms with Gasteiger partial charge < -0.3 is 10.6 Å². The summed E-state index contributed by atoms with van der Waals surface area (Å²) < 4.78 is 0. The molecule has 0 saturated heterocycles. The summed E-state index contributed by atoms with van der Waals surface area (Å²) in [5, 5.41) is 6.28. The SMILES string of the molecule is CCNC(=O)Nc1c(C)cc(Cl)cc1Cl. The third-order valence-corrected chi connectivity index (χ3v) is 2.34. The number of carbonyl (C=O) groups is 1. The Bertz CT molecular complexity index is 357. The maximum absolute atomic E-state index is 11.3. The highest BCUT2D eigenvalue weighted by atomic mass is 35.5. The van der Waals surface area contributed by atoms with Gasteiger partial charge in [-0.05, 0) is 31.5 Å². The number of halogens is 2. The summed E-state index contributed by atoms with van der Waals surface area (Å²) in [6, 6.07) is 3.07. The molecule has 0 heterocycles. The van der Waals surface area contributed by atoms with Crippen molar-refractivity contribution in [3.05, 3.63) is 27.7 Å². The summed E-state index contributed by atoms with van der Waals surface area (Å²) in [6.07, 6.45) is 0. The van der Waals surface area contributed by atoms with Gasteiger partial charge in [0.2, 0.25) is 0 Å². The zero-order valence-electron chi connectivity index (χ0n) is 8.53. The summed E-state index contributed by atoms with van der Waals surface area (Å²) in [4.78, 5) is 11.3. The highest BCUT2D eigenvalue weighted by Crippen LogP contribution is 2.29. The van der Waals surface area contributed by atoms with Crippen molar-refractivity contribution in [3.8, 4) is 0 Å². The predicted molar refractivity (Wildman–Crippen MR) is 63.9 cm³/mol. The summed E-state index contributed by atoms with van der Waals surface area (Å²) >= 11 is 11.8. The van der Waals surface area contributed by atoms with Crippen LogP contribution in [0.2, 0.25) is 10.0 Å². The first-order chi connectivity index (χ1) is 7.04. The van der Waals surface area contributed by atoms with Crippen LogP contribution in [0.15, 0.2) is 12.1 Å². The van der Waals surface area contributed by atoms with Crippen molar-refractivity contribution in [2.75, 3.05) is 11.9 Å². The lowest BCUT2D eigenvalue weighted by Crippen LogP contribution is -2.28. The smallest absolute Gasteiger partial charge is 0.319 e. The van der Waals surface area contributed by atoms with Gasteiger partial charge in [0, 0.05) is 11.6 Å². The zero-order valence-corrected chi connectivity index (χ0v) is 10.0. The molecule has 0 aliphatic rings.